The molecule has 5 atom stereocenters. The summed E-state index contributed by atoms with van der Waals surface area (Å²) in [5.74, 6) is 1.21. The Morgan fingerprint density at radius 1 is 1.35 bits per heavy atom. The lowest BCUT2D eigenvalue weighted by molar-refractivity contribution is 0.0473. The summed E-state index contributed by atoms with van der Waals surface area (Å²) in [5, 5.41) is 7.93. The van der Waals surface area contributed by atoms with Crippen molar-refractivity contribution in [2.24, 2.45) is 18.9 Å². The molecule has 1 fully saturated rings. The lowest BCUT2D eigenvalue weighted by Crippen LogP contribution is -2.42. The summed E-state index contributed by atoms with van der Waals surface area (Å²) in [6, 6.07) is 0.523. The summed E-state index contributed by atoms with van der Waals surface area (Å²) in [6.07, 6.45) is 7.03. The smallest absolute Gasteiger partial charge is 0.0597 e. The quantitative estimate of drug-likeness (QED) is 0.869. The first-order valence-electron chi connectivity index (χ1n) is 7.89. The largest absolute Gasteiger partial charge is 0.375 e. The van der Waals surface area contributed by atoms with Gasteiger partial charge in [-0.05, 0) is 44.7 Å². The molecule has 0 spiro atoms. The van der Waals surface area contributed by atoms with Crippen LogP contribution in [0.5, 0.6) is 0 Å². The van der Waals surface area contributed by atoms with E-state index in [-0.39, 0.29) is 0 Å². The molecule has 1 N–H and O–H groups in total. The Hall–Kier alpha value is -0.870. The van der Waals surface area contributed by atoms with Crippen LogP contribution in [0, 0.1) is 11.8 Å². The molecule has 114 valence electrons. The minimum atomic E-state index is 0.345. The summed E-state index contributed by atoms with van der Waals surface area (Å²) >= 11 is 0. The first-order valence-corrected chi connectivity index (χ1v) is 7.89. The fraction of sp³-hybridized carbons (Fsp3) is 0.812. The number of hydrogen-bond donors (Lipinski definition) is 1. The highest BCUT2D eigenvalue weighted by molar-refractivity contribution is 5.05. The molecule has 0 saturated carbocycles. The number of ether oxygens (including phenoxy) is 1. The Kier molecular flexibility index (Phi) is 5.22. The monoisotopic (exact) mass is 279 g/mol. The molecular weight excluding hydrogens is 250 g/mol. The van der Waals surface area contributed by atoms with Crippen LogP contribution in [0.15, 0.2) is 12.4 Å². The molecule has 2 heterocycles. The average Bonchev–Trinajstić information content (AvgIpc) is 2.91. The molecule has 20 heavy (non-hydrogen) atoms. The first kappa shape index (κ1) is 15.5. The zero-order valence-electron chi connectivity index (χ0n) is 13.5. The number of aromatic nitrogens is 2. The minimum Gasteiger partial charge on any atom is -0.375 e. The fourth-order valence-corrected chi connectivity index (χ4v) is 3.60. The van der Waals surface area contributed by atoms with Crippen molar-refractivity contribution in [3.8, 4) is 0 Å². The van der Waals surface area contributed by atoms with E-state index in [1.807, 2.05) is 17.9 Å². The summed E-state index contributed by atoms with van der Waals surface area (Å²) in [7, 11) is 1.97. The van der Waals surface area contributed by atoms with Gasteiger partial charge in [-0.25, -0.2) is 0 Å². The molecule has 0 bridgehead atoms. The Balaban J connectivity index is 1.99. The fourth-order valence-electron chi connectivity index (χ4n) is 3.60. The Morgan fingerprint density at radius 3 is 2.60 bits per heavy atom. The van der Waals surface area contributed by atoms with Gasteiger partial charge in [-0.1, -0.05) is 13.8 Å². The third kappa shape index (κ3) is 3.41. The van der Waals surface area contributed by atoms with Crippen LogP contribution in [-0.2, 0) is 18.2 Å². The second kappa shape index (κ2) is 6.72. The van der Waals surface area contributed by atoms with Crippen molar-refractivity contribution in [3.63, 3.8) is 0 Å². The van der Waals surface area contributed by atoms with Crippen LogP contribution in [0.25, 0.3) is 0 Å². The van der Waals surface area contributed by atoms with Crippen LogP contribution in [-0.4, -0.2) is 34.6 Å². The molecule has 0 aliphatic carbocycles. The second-order valence-electron chi connectivity index (χ2n) is 6.21. The molecular formula is C16H29N3O. The molecule has 1 aliphatic rings. The molecule has 1 saturated heterocycles. The Morgan fingerprint density at radius 2 is 2.10 bits per heavy atom. The molecule has 0 aromatic carbocycles. The predicted molar refractivity (Wildman–Crippen MR) is 81.7 cm³/mol. The maximum Gasteiger partial charge on any atom is 0.0597 e. The van der Waals surface area contributed by atoms with Crippen molar-refractivity contribution in [3.05, 3.63) is 18.0 Å². The van der Waals surface area contributed by atoms with Crippen molar-refractivity contribution >= 4 is 0 Å². The second-order valence-corrected chi connectivity index (χ2v) is 6.21. The highest BCUT2D eigenvalue weighted by Crippen LogP contribution is 2.35. The topological polar surface area (TPSA) is 39.1 Å². The number of hydrogen-bond acceptors (Lipinski definition) is 3. The van der Waals surface area contributed by atoms with Crippen LogP contribution >= 0.6 is 0 Å². The van der Waals surface area contributed by atoms with E-state index in [9.17, 15) is 0 Å². The molecule has 0 radical (unpaired) electrons. The summed E-state index contributed by atoms with van der Waals surface area (Å²) in [4.78, 5) is 0. The normalized spacial score (nSPS) is 31.6. The highest BCUT2D eigenvalue weighted by atomic mass is 16.5. The highest BCUT2D eigenvalue weighted by Gasteiger charge is 2.41. The van der Waals surface area contributed by atoms with Gasteiger partial charge in [0.15, 0.2) is 0 Å². The van der Waals surface area contributed by atoms with E-state index in [1.165, 1.54) is 5.56 Å². The molecule has 2 rings (SSSR count). The van der Waals surface area contributed by atoms with Crippen molar-refractivity contribution in [2.45, 2.75) is 58.8 Å². The van der Waals surface area contributed by atoms with E-state index in [4.69, 9.17) is 4.74 Å². The summed E-state index contributed by atoms with van der Waals surface area (Å²) in [6.45, 7) is 9.95. The van der Waals surface area contributed by atoms with Crippen LogP contribution in [0.1, 0.15) is 39.7 Å². The van der Waals surface area contributed by atoms with E-state index >= 15 is 0 Å². The van der Waals surface area contributed by atoms with Gasteiger partial charge in [0, 0.05) is 25.2 Å². The number of nitrogens with zero attached hydrogens (tertiary/aromatic N) is 2. The van der Waals surface area contributed by atoms with Gasteiger partial charge < -0.3 is 10.1 Å². The SMILES string of the molecule is CCNC(CCc1cnn(C)c1)C1C(C)OC(C)C1C. The van der Waals surface area contributed by atoms with Crippen LogP contribution in [0.3, 0.4) is 0 Å². The number of aryl methyl sites for hydroxylation is 2. The Labute approximate surface area is 122 Å². The minimum absolute atomic E-state index is 0.345. The lowest BCUT2D eigenvalue weighted by Gasteiger charge is -2.29. The molecule has 4 heteroatoms. The van der Waals surface area contributed by atoms with Gasteiger partial charge in [-0.3, -0.25) is 4.68 Å². The van der Waals surface area contributed by atoms with Crippen molar-refractivity contribution in [1.29, 1.82) is 0 Å². The van der Waals surface area contributed by atoms with Crippen LogP contribution < -0.4 is 5.32 Å². The van der Waals surface area contributed by atoms with Gasteiger partial charge in [0.25, 0.3) is 0 Å². The van der Waals surface area contributed by atoms with Crippen LogP contribution in [0.4, 0.5) is 0 Å². The first-order chi connectivity index (χ1) is 9.52. The average molecular weight is 279 g/mol. The molecule has 0 amide bonds. The third-order valence-corrected chi connectivity index (χ3v) is 4.75. The van der Waals surface area contributed by atoms with E-state index in [2.05, 4.69) is 44.3 Å². The molecule has 1 aromatic rings. The van der Waals surface area contributed by atoms with Gasteiger partial charge in [0.1, 0.15) is 0 Å². The van der Waals surface area contributed by atoms with Gasteiger partial charge in [-0.2, -0.15) is 5.10 Å². The lowest BCUT2D eigenvalue weighted by atomic mass is 9.81. The molecule has 4 nitrogen and oxygen atoms in total. The standard InChI is InChI=1S/C16H29N3O/c1-6-17-15(8-7-14-9-18-19(5)10-14)16-11(2)12(3)20-13(16)4/h9-13,15-17H,6-8H2,1-5H3. The Bertz CT molecular complexity index is 418. The van der Waals surface area contributed by atoms with E-state index in [0.29, 0.717) is 30.1 Å². The van der Waals surface area contributed by atoms with Gasteiger partial charge in [0.05, 0.1) is 18.4 Å². The van der Waals surface area contributed by atoms with Crippen molar-refractivity contribution in [1.82, 2.24) is 15.1 Å². The molecule has 5 unspecified atom stereocenters. The van der Waals surface area contributed by atoms with E-state index in [1.54, 1.807) is 0 Å². The maximum atomic E-state index is 6.01. The van der Waals surface area contributed by atoms with Crippen LogP contribution in [0.2, 0.25) is 0 Å². The maximum absolute atomic E-state index is 6.01. The summed E-state index contributed by atoms with van der Waals surface area (Å²) in [5.41, 5.74) is 1.32. The van der Waals surface area contributed by atoms with E-state index < -0.39 is 0 Å². The van der Waals surface area contributed by atoms with E-state index in [0.717, 1.165) is 19.4 Å². The summed E-state index contributed by atoms with van der Waals surface area (Å²) < 4.78 is 7.89. The van der Waals surface area contributed by atoms with Crippen molar-refractivity contribution in [2.75, 3.05) is 6.54 Å². The van der Waals surface area contributed by atoms with Gasteiger partial charge in [-0.15, -0.1) is 0 Å². The number of nitrogens with one attached hydrogen (secondary N) is 1. The number of rotatable bonds is 6. The van der Waals surface area contributed by atoms with Gasteiger partial charge >= 0.3 is 0 Å². The third-order valence-electron chi connectivity index (χ3n) is 4.75. The zero-order valence-corrected chi connectivity index (χ0v) is 13.5. The molecule has 1 aliphatic heterocycles. The van der Waals surface area contributed by atoms with Crippen molar-refractivity contribution < 1.29 is 4.74 Å². The zero-order chi connectivity index (χ0) is 14.7. The van der Waals surface area contributed by atoms with Gasteiger partial charge in [0.2, 0.25) is 0 Å². The predicted octanol–water partition coefficient (Wildman–Crippen LogP) is 2.39. The molecule has 1 aromatic heterocycles.